The standard InChI is InChI=1S/C15H13N7O/c1-8-3-2-4-9-11(8)15(23)22-10(21-9)5-16-13-12-14(18-6-17-12)20-7-19-13/h2-4,6-7H,5H2,1H3,(H,21,22,23)(H2,16,17,18,19,20). The molecule has 0 spiro atoms. The molecule has 0 saturated carbocycles. The van der Waals surface area contributed by atoms with Gasteiger partial charge in [-0.3, -0.25) is 4.79 Å². The molecule has 0 fully saturated rings. The number of aryl methyl sites for hydroxylation is 1. The summed E-state index contributed by atoms with van der Waals surface area (Å²) in [6.45, 7) is 2.23. The van der Waals surface area contributed by atoms with E-state index in [0.29, 0.717) is 40.3 Å². The van der Waals surface area contributed by atoms with Crippen molar-refractivity contribution >= 4 is 27.9 Å². The van der Waals surface area contributed by atoms with Gasteiger partial charge in [0.05, 0.1) is 23.8 Å². The Hall–Kier alpha value is -3.29. The minimum atomic E-state index is -0.140. The lowest BCUT2D eigenvalue weighted by atomic mass is 10.1. The molecular weight excluding hydrogens is 294 g/mol. The van der Waals surface area contributed by atoms with Gasteiger partial charge in [0.25, 0.3) is 5.56 Å². The summed E-state index contributed by atoms with van der Waals surface area (Å²) in [6, 6.07) is 5.62. The Morgan fingerprint density at radius 1 is 1.22 bits per heavy atom. The highest BCUT2D eigenvalue weighted by Crippen LogP contribution is 2.15. The summed E-state index contributed by atoms with van der Waals surface area (Å²) < 4.78 is 0. The Labute approximate surface area is 130 Å². The molecule has 8 nitrogen and oxygen atoms in total. The molecular formula is C15H13N7O. The van der Waals surface area contributed by atoms with Crippen molar-refractivity contribution in [1.29, 1.82) is 0 Å². The molecule has 0 amide bonds. The van der Waals surface area contributed by atoms with Crippen LogP contribution in [0.5, 0.6) is 0 Å². The van der Waals surface area contributed by atoms with Gasteiger partial charge in [-0.05, 0) is 18.6 Å². The van der Waals surface area contributed by atoms with E-state index in [1.165, 1.54) is 6.33 Å². The minimum absolute atomic E-state index is 0.140. The van der Waals surface area contributed by atoms with Crippen LogP contribution in [0.2, 0.25) is 0 Å². The smallest absolute Gasteiger partial charge is 0.259 e. The molecule has 0 saturated heterocycles. The quantitative estimate of drug-likeness (QED) is 0.529. The lowest BCUT2D eigenvalue weighted by molar-refractivity contribution is 0.944. The molecule has 3 aromatic heterocycles. The Balaban J connectivity index is 1.68. The van der Waals surface area contributed by atoms with E-state index < -0.39 is 0 Å². The summed E-state index contributed by atoms with van der Waals surface area (Å²) in [6.07, 6.45) is 2.99. The maximum Gasteiger partial charge on any atom is 0.259 e. The maximum atomic E-state index is 12.2. The fourth-order valence-corrected chi connectivity index (χ4v) is 2.56. The number of benzene rings is 1. The van der Waals surface area contributed by atoms with Crippen molar-refractivity contribution in [3.05, 3.63) is 52.6 Å². The zero-order chi connectivity index (χ0) is 15.8. The van der Waals surface area contributed by atoms with Gasteiger partial charge < -0.3 is 15.3 Å². The number of rotatable bonds is 3. The van der Waals surface area contributed by atoms with Crippen molar-refractivity contribution in [2.24, 2.45) is 0 Å². The summed E-state index contributed by atoms with van der Waals surface area (Å²) in [5, 5.41) is 3.76. The van der Waals surface area contributed by atoms with Crippen LogP contribution in [0.4, 0.5) is 5.82 Å². The first kappa shape index (κ1) is 13.4. The third kappa shape index (κ3) is 2.30. The third-order valence-corrected chi connectivity index (χ3v) is 3.64. The minimum Gasteiger partial charge on any atom is -0.361 e. The van der Waals surface area contributed by atoms with Crippen LogP contribution < -0.4 is 10.9 Å². The van der Waals surface area contributed by atoms with E-state index in [0.717, 1.165) is 5.56 Å². The molecule has 114 valence electrons. The Kier molecular flexibility index (Phi) is 3.00. The normalized spacial score (nSPS) is 11.2. The van der Waals surface area contributed by atoms with Crippen molar-refractivity contribution in [2.75, 3.05) is 5.32 Å². The van der Waals surface area contributed by atoms with Gasteiger partial charge in [-0.25, -0.2) is 19.9 Å². The van der Waals surface area contributed by atoms with Gasteiger partial charge in [-0.1, -0.05) is 12.1 Å². The first-order chi connectivity index (χ1) is 11.2. The zero-order valence-electron chi connectivity index (χ0n) is 12.3. The van der Waals surface area contributed by atoms with E-state index in [9.17, 15) is 4.79 Å². The average Bonchev–Trinajstić information content (AvgIpc) is 3.02. The second-order valence-corrected chi connectivity index (χ2v) is 5.16. The number of aromatic nitrogens is 6. The van der Waals surface area contributed by atoms with Crippen LogP contribution >= 0.6 is 0 Å². The van der Waals surface area contributed by atoms with Crippen molar-refractivity contribution in [3.63, 3.8) is 0 Å². The number of aromatic amines is 2. The number of fused-ring (bicyclic) bond motifs is 2. The molecule has 4 aromatic rings. The zero-order valence-corrected chi connectivity index (χ0v) is 12.3. The number of imidazole rings is 1. The topological polar surface area (TPSA) is 112 Å². The first-order valence-electron chi connectivity index (χ1n) is 7.09. The highest BCUT2D eigenvalue weighted by molar-refractivity contribution is 5.82. The van der Waals surface area contributed by atoms with Crippen LogP contribution in [0.15, 0.2) is 35.6 Å². The number of nitrogens with zero attached hydrogens (tertiary/aromatic N) is 4. The Morgan fingerprint density at radius 3 is 3.04 bits per heavy atom. The third-order valence-electron chi connectivity index (χ3n) is 3.64. The molecule has 1 aromatic carbocycles. The highest BCUT2D eigenvalue weighted by atomic mass is 16.1. The van der Waals surface area contributed by atoms with Crippen molar-refractivity contribution in [2.45, 2.75) is 13.5 Å². The van der Waals surface area contributed by atoms with Crippen molar-refractivity contribution in [3.8, 4) is 0 Å². The lowest BCUT2D eigenvalue weighted by Crippen LogP contribution is -2.15. The number of H-pyrrole nitrogens is 2. The van der Waals surface area contributed by atoms with Crippen molar-refractivity contribution in [1.82, 2.24) is 29.9 Å². The monoisotopic (exact) mass is 307 g/mol. The van der Waals surface area contributed by atoms with E-state index in [1.54, 1.807) is 6.33 Å². The second kappa shape index (κ2) is 5.16. The molecule has 23 heavy (non-hydrogen) atoms. The molecule has 3 N–H and O–H groups in total. The highest BCUT2D eigenvalue weighted by Gasteiger charge is 2.08. The second-order valence-electron chi connectivity index (χ2n) is 5.16. The van der Waals surface area contributed by atoms with Gasteiger partial charge in [0.15, 0.2) is 11.5 Å². The van der Waals surface area contributed by atoms with Gasteiger partial charge in [0.2, 0.25) is 0 Å². The largest absolute Gasteiger partial charge is 0.361 e. The summed E-state index contributed by atoms with van der Waals surface area (Å²) >= 11 is 0. The fraction of sp³-hybridized carbons (Fsp3) is 0.133. The Morgan fingerprint density at radius 2 is 2.13 bits per heavy atom. The molecule has 4 rings (SSSR count). The maximum absolute atomic E-state index is 12.2. The molecule has 0 unspecified atom stereocenters. The van der Waals surface area contributed by atoms with E-state index >= 15 is 0 Å². The van der Waals surface area contributed by atoms with Crippen LogP contribution in [0, 0.1) is 6.92 Å². The van der Waals surface area contributed by atoms with Crippen LogP contribution in [0.1, 0.15) is 11.4 Å². The number of anilines is 1. The molecule has 0 aliphatic heterocycles. The first-order valence-corrected chi connectivity index (χ1v) is 7.09. The van der Waals surface area contributed by atoms with Crippen LogP contribution in [0.25, 0.3) is 22.1 Å². The van der Waals surface area contributed by atoms with E-state index in [-0.39, 0.29) is 5.56 Å². The average molecular weight is 307 g/mol. The molecule has 0 aliphatic carbocycles. The van der Waals surface area contributed by atoms with Crippen LogP contribution in [0.3, 0.4) is 0 Å². The molecule has 0 atom stereocenters. The SMILES string of the molecule is Cc1cccc2nc(CNc3ncnc4nc[nH]c34)[nH]c(=O)c12. The van der Waals surface area contributed by atoms with Gasteiger partial charge >= 0.3 is 0 Å². The summed E-state index contributed by atoms with van der Waals surface area (Å²) in [4.78, 5) is 34.8. The van der Waals surface area contributed by atoms with E-state index in [2.05, 4.69) is 35.2 Å². The van der Waals surface area contributed by atoms with E-state index in [1.807, 2.05) is 25.1 Å². The Bertz CT molecular complexity index is 1070. The van der Waals surface area contributed by atoms with E-state index in [4.69, 9.17) is 0 Å². The van der Waals surface area contributed by atoms with Crippen molar-refractivity contribution < 1.29 is 0 Å². The van der Waals surface area contributed by atoms with Gasteiger partial charge in [0, 0.05) is 0 Å². The van der Waals surface area contributed by atoms with Crippen LogP contribution in [-0.2, 0) is 6.54 Å². The summed E-state index contributed by atoms with van der Waals surface area (Å²) in [5.74, 6) is 1.15. The molecule has 8 heteroatoms. The summed E-state index contributed by atoms with van der Waals surface area (Å²) in [5.41, 5.74) is 2.74. The fourth-order valence-electron chi connectivity index (χ4n) is 2.56. The van der Waals surface area contributed by atoms with Gasteiger partial charge in [-0.15, -0.1) is 0 Å². The van der Waals surface area contributed by atoms with Crippen LogP contribution in [-0.4, -0.2) is 29.9 Å². The molecule has 0 radical (unpaired) electrons. The van der Waals surface area contributed by atoms with Gasteiger partial charge in [0.1, 0.15) is 17.7 Å². The molecule has 0 aliphatic rings. The number of hydrogen-bond acceptors (Lipinski definition) is 6. The number of nitrogens with one attached hydrogen (secondary N) is 3. The lowest BCUT2D eigenvalue weighted by Gasteiger charge is -2.07. The molecule has 3 heterocycles. The molecule has 0 bridgehead atoms. The summed E-state index contributed by atoms with van der Waals surface area (Å²) in [7, 11) is 0. The number of hydrogen-bond donors (Lipinski definition) is 3. The van der Waals surface area contributed by atoms with Gasteiger partial charge in [-0.2, -0.15) is 0 Å². The predicted octanol–water partition coefficient (Wildman–Crippen LogP) is 1.51. The predicted molar refractivity (Wildman–Crippen MR) is 86.1 cm³/mol.